The molecule has 1 N–H and O–H groups in total. The molecule has 0 saturated carbocycles. The lowest BCUT2D eigenvalue weighted by Gasteiger charge is -2.31. The van der Waals surface area contributed by atoms with E-state index in [9.17, 15) is 9.59 Å². The molecular weight excluding hydrogens is 268 g/mol. The molecule has 1 aliphatic heterocycles. The molecule has 0 bridgehead atoms. The summed E-state index contributed by atoms with van der Waals surface area (Å²) >= 11 is 0. The van der Waals surface area contributed by atoms with Crippen molar-refractivity contribution in [2.24, 2.45) is 0 Å². The van der Waals surface area contributed by atoms with Gasteiger partial charge in [0.25, 0.3) is 5.91 Å². The maximum Gasteiger partial charge on any atom is 0.410 e. The molecule has 1 aliphatic rings. The Hall–Kier alpha value is -2.04. The molecular formula is C16H22N2O3. The Labute approximate surface area is 125 Å². The van der Waals surface area contributed by atoms with Crippen LogP contribution >= 0.6 is 0 Å². The van der Waals surface area contributed by atoms with Crippen LogP contribution in [0, 0.1) is 0 Å². The molecule has 0 unspecified atom stereocenters. The molecule has 1 aromatic rings. The summed E-state index contributed by atoms with van der Waals surface area (Å²) in [7, 11) is 1.62. The van der Waals surface area contributed by atoms with Gasteiger partial charge in [-0.3, -0.25) is 4.79 Å². The minimum absolute atomic E-state index is 0.0904. The highest BCUT2D eigenvalue weighted by molar-refractivity contribution is 5.94. The minimum atomic E-state index is -0.486. The number of carbonyl (C=O) groups excluding carboxylic acids is 2. The van der Waals surface area contributed by atoms with Crippen LogP contribution in [-0.4, -0.2) is 36.1 Å². The van der Waals surface area contributed by atoms with Crippen molar-refractivity contribution in [1.82, 2.24) is 10.2 Å². The second-order valence-corrected chi connectivity index (χ2v) is 6.21. The summed E-state index contributed by atoms with van der Waals surface area (Å²) in [6, 6.07) is 5.60. The molecule has 2 amide bonds. The zero-order valence-corrected chi connectivity index (χ0v) is 13.0. The van der Waals surface area contributed by atoms with E-state index in [-0.39, 0.29) is 12.0 Å². The van der Waals surface area contributed by atoms with E-state index in [1.165, 1.54) is 0 Å². The number of carbonyl (C=O) groups is 2. The van der Waals surface area contributed by atoms with Gasteiger partial charge in [0, 0.05) is 25.7 Å². The smallest absolute Gasteiger partial charge is 0.410 e. The molecule has 0 atom stereocenters. The van der Waals surface area contributed by atoms with Crippen molar-refractivity contribution in [3.8, 4) is 0 Å². The number of hydrogen-bond acceptors (Lipinski definition) is 3. The van der Waals surface area contributed by atoms with Crippen LogP contribution in [0.15, 0.2) is 18.2 Å². The number of nitrogens with one attached hydrogen (secondary N) is 1. The topological polar surface area (TPSA) is 58.6 Å². The average Bonchev–Trinajstić information content (AvgIpc) is 2.43. The van der Waals surface area contributed by atoms with Gasteiger partial charge in [-0.1, -0.05) is 6.07 Å². The highest BCUT2D eigenvalue weighted by Gasteiger charge is 2.25. The lowest BCUT2D eigenvalue weighted by atomic mass is 9.97. The standard InChI is InChI=1S/C16H22N2O3/c1-16(2,3)21-15(20)18-8-7-11-9-12(14(19)17-4)5-6-13(11)10-18/h5-6,9H,7-8,10H2,1-4H3,(H,17,19). The molecule has 0 spiro atoms. The van der Waals surface area contributed by atoms with E-state index in [1.54, 1.807) is 18.0 Å². The van der Waals surface area contributed by atoms with Crippen molar-refractivity contribution in [3.63, 3.8) is 0 Å². The van der Waals surface area contributed by atoms with Crippen molar-refractivity contribution in [3.05, 3.63) is 34.9 Å². The lowest BCUT2D eigenvalue weighted by molar-refractivity contribution is 0.0224. The molecule has 0 aliphatic carbocycles. The molecule has 114 valence electrons. The van der Waals surface area contributed by atoms with E-state index in [0.29, 0.717) is 18.7 Å². The Morgan fingerprint density at radius 3 is 2.57 bits per heavy atom. The first-order valence-electron chi connectivity index (χ1n) is 7.12. The maximum atomic E-state index is 12.1. The summed E-state index contributed by atoms with van der Waals surface area (Å²) in [6.45, 7) is 6.71. The van der Waals surface area contributed by atoms with Crippen LogP contribution in [0.5, 0.6) is 0 Å². The fourth-order valence-corrected chi connectivity index (χ4v) is 2.32. The van der Waals surface area contributed by atoms with Crippen LogP contribution in [0.4, 0.5) is 4.79 Å². The van der Waals surface area contributed by atoms with Gasteiger partial charge < -0.3 is 15.0 Å². The van der Waals surface area contributed by atoms with E-state index in [4.69, 9.17) is 4.74 Å². The molecule has 5 heteroatoms. The number of nitrogens with zero attached hydrogens (tertiary/aromatic N) is 1. The monoisotopic (exact) mass is 290 g/mol. The van der Waals surface area contributed by atoms with Crippen molar-refractivity contribution < 1.29 is 14.3 Å². The molecule has 0 aromatic heterocycles. The molecule has 0 fully saturated rings. The number of rotatable bonds is 1. The fraction of sp³-hybridized carbons (Fsp3) is 0.500. The molecule has 1 aromatic carbocycles. The average molecular weight is 290 g/mol. The Bertz CT molecular complexity index is 561. The summed E-state index contributed by atoms with van der Waals surface area (Å²) in [6.07, 6.45) is 0.447. The zero-order valence-electron chi connectivity index (χ0n) is 13.0. The van der Waals surface area contributed by atoms with Gasteiger partial charge in [0.1, 0.15) is 5.60 Å². The van der Waals surface area contributed by atoms with Gasteiger partial charge in [-0.2, -0.15) is 0 Å². The number of benzene rings is 1. The number of fused-ring (bicyclic) bond motifs is 1. The van der Waals surface area contributed by atoms with Gasteiger partial charge in [-0.25, -0.2) is 4.79 Å². The molecule has 0 radical (unpaired) electrons. The largest absolute Gasteiger partial charge is 0.444 e. The predicted molar refractivity (Wildman–Crippen MR) is 80.2 cm³/mol. The van der Waals surface area contributed by atoms with Crippen LogP contribution < -0.4 is 5.32 Å². The minimum Gasteiger partial charge on any atom is -0.444 e. The van der Waals surface area contributed by atoms with Crippen LogP contribution in [0.2, 0.25) is 0 Å². The Morgan fingerprint density at radius 2 is 1.95 bits per heavy atom. The van der Waals surface area contributed by atoms with Gasteiger partial charge in [-0.05, 0) is 50.5 Å². The van der Waals surface area contributed by atoms with Gasteiger partial charge in [0.05, 0.1) is 0 Å². The first-order valence-corrected chi connectivity index (χ1v) is 7.12. The van der Waals surface area contributed by atoms with Crippen LogP contribution in [0.3, 0.4) is 0 Å². The Kier molecular flexibility index (Phi) is 4.21. The van der Waals surface area contributed by atoms with Crippen LogP contribution in [-0.2, 0) is 17.7 Å². The van der Waals surface area contributed by atoms with E-state index in [2.05, 4.69) is 5.32 Å². The number of hydrogen-bond donors (Lipinski definition) is 1. The summed E-state index contributed by atoms with van der Waals surface area (Å²) < 4.78 is 5.39. The first kappa shape index (κ1) is 15.4. The number of amides is 2. The summed E-state index contributed by atoms with van der Waals surface area (Å²) in [5, 5.41) is 2.62. The van der Waals surface area contributed by atoms with Crippen LogP contribution in [0.1, 0.15) is 42.3 Å². The van der Waals surface area contributed by atoms with Crippen molar-refractivity contribution in [1.29, 1.82) is 0 Å². The molecule has 5 nitrogen and oxygen atoms in total. The van der Waals surface area contributed by atoms with Crippen molar-refractivity contribution in [2.75, 3.05) is 13.6 Å². The van der Waals surface area contributed by atoms with Gasteiger partial charge in [0.15, 0.2) is 0 Å². The van der Waals surface area contributed by atoms with E-state index in [0.717, 1.165) is 17.5 Å². The molecule has 1 heterocycles. The second kappa shape index (κ2) is 5.76. The highest BCUT2D eigenvalue weighted by atomic mass is 16.6. The SMILES string of the molecule is CNC(=O)c1ccc2c(c1)CCN(C(=O)OC(C)(C)C)C2. The third-order valence-corrected chi connectivity index (χ3v) is 3.36. The molecule has 21 heavy (non-hydrogen) atoms. The van der Waals surface area contributed by atoms with Gasteiger partial charge in [-0.15, -0.1) is 0 Å². The number of ether oxygens (including phenoxy) is 1. The van der Waals surface area contributed by atoms with Crippen LogP contribution in [0.25, 0.3) is 0 Å². The third-order valence-electron chi connectivity index (χ3n) is 3.36. The Morgan fingerprint density at radius 1 is 1.24 bits per heavy atom. The highest BCUT2D eigenvalue weighted by Crippen LogP contribution is 2.22. The van der Waals surface area contributed by atoms with E-state index < -0.39 is 5.60 Å². The third kappa shape index (κ3) is 3.74. The van der Waals surface area contributed by atoms with Crippen molar-refractivity contribution >= 4 is 12.0 Å². The molecule has 0 saturated heterocycles. The quantitative estimate of drug-likeness (QED) is 0.863. The van der Waals surface area contributed by atoms with Gasteiger partial charge >= 0.3 is 6.09 Å². The predicted octanol–water partition coefficient (Wildman–Crippen LogP) is 2.34. The fourth-order valence-electron chi connectivity index (χ4n) is 2.32. The molecule has 2 rings (SSSR count). The van der Waals surface area contributed by atoms with Gasteiger partial charge in [0.2, 0.25) is 0 Å². The van der Waals surface area contributed by atoms with E-state index in [1.807, 2.05) is 32.9 Å². The summed E-state index contributed by atoms with van der Waals surface area (Å²) in [4.78, 5) is 25.4. The summed E-state index contributed by atoms with van der Waals surface area (Å²) in [5.41, 5.74) is 2.36. The zero-order chi connectivity index (χ0) is 15.6. The second-order valence-electron chi connectivity index (χ2n) is 6.21. The lowest BCUT2D eigenvalue weighted by Crippen LogP contribution is -2.40. The van der Waals surface area contributed by atoms with E-state index >= 15 is 0 Å². The normalized spacial score (nSPS) is 14.4. The Balaban J connectivity index is 2.11. The summed E-state index contributed by atoms with van der Waals surface area (Å²) in [5.74, 6) is -0.0904. The maximum absolute atomic E-state index is 12.1. The first-order chi connectivity index (χ1) is 9.80. The van der Waals surface area contributed by atoms with Crippen molar-refractivity contribution in [2.45, 2.75) is 39.3 Å².